The Kier molecular flexibility index (Phi) is 1.44. The molecule has 2 rings (SSSR count). The molecule has 12 heavy (non-hydrogen) atoms. The van der Waals surface area contributed by atoms with Crippen LogP contribution in [-0.4, -0.2) is 24.6 Å². The average molecular weight is 165 g/mol. The molecule has 0 radical (unpaired) electrons. The Balaban J connectivity index is 2.74. The second-order valence-corrected chi connectivity index (χ2v) is 2.36. The van der Waals surface area contributed by atoms with Crippen molar-refractivity contribution < 1.29 is 10.2 Å². The van der Waals surface area contributed by atoms with Gasteiger partial charge in [0, 0.05) is 12.4 Å². The lowest BCUT2D eigenvalue weighted by Gasteiger charge is -1.92. The van der Waals surface area contributed by atoms with Crippen LogP contribution in [0.5, 0.6) is 6.01 Å². The van der Waals surface area contributed by atoms with Crippen molar-refractivity contribution in [1.29, 1.82) is 0 Å². The summed E-state index contributed by atoms with van der Waals surface area (Å²) in [5, 5.41) is 18.0. The van der Waals surface area contributed by atoms with Gasteiger partial charge >= 0.3 is 0 Å². The first-order valence-corrected chi connectivity index (χ1v) is 3.44. The molecule has 0 spiro atoms. The van der Waals surface area contributed by atoms with E-state index < -0.39 is 0 Å². The number of rotatable bonds is 1. The first kappa shape index (κ1) is 7.05. The third-order valence-electron chi connectivity index (χ3n) is 1.57. The molecule has 62 valence electrons. The number of aliphatic hydroxyl groups excluding tert-OH is 1. The van der Waals surface area contributed by atoms with Crippen LogP contribution in [0, 0.1) is 0 Å². The zero-order chi connectivity index (χ0) is 8.55. The molecule has 2 aromatic heterocycles. The number of imidazole rings is 1. The maximum atomic E-state index is 9.21. The summed E-state index contributed by atoms with van der Waals surface area (Å²) in [6.07, 6.45) is 3.00. The van der Waals surface area contributed by atoms with Crippen molar-refractivity contribution in [2.45, 2.75) is 6.61 Å². The van der Waals surface area contributed by atoms with Crippen molar-refractivity contribution in [3.63, 3.8) is 0 Å². The first-order chi connectivity index (χ1) is 5.81. The molecule has 0 saturated heterocycles. The second kappa shape index (κ2) is 2.46. The smallest absolute Gasteiger partial charge is 0.299 e. The van der Waals surface area contributed by atoms with E-state index in [9.17, 15) is 5.11 Å². The number of aliphatic hydroxyl groups is 1. The van der Waals surface area contributed by atoms with Gasteiger partial charge in [0.1, 0.15) is 5.65 Å². The zero-order valence-corrected chi connectivity index (χ0v) is 6.18. The highest BCUT2D eigenvalue weighted by atomic mass is 16.3. The van der Waals surface area contributed by atoms with E-state index in [0.717, 1.165) is 0 Å². The van der Waals surface area contributed by atoms with Crippen molar-refractivity contribution in [1.82, 2.24) is 14.4 Å². The maximum Gasteiger partial charge on any atom is 0.299 e. The third kappa shape index (κ3) is 0.911. The summed E-state index contributed by atoms with van der Waals surface area (Å²) < 4.78 is 1.41. The lowest BCUT2D eigenvalue weighted by Crippen LogP contribution is -1.85. The number of fused-ring (bicyclic) bond motifs is 1. The standard InChI is InChI=1S/C7H7N3O2/c11-4-5-3-10-6(9-5)1-2-8-7(10)12/h1-3,11H,4H2,(H,8,12). The molecule has 0 aliphatic carbocycles. The molecular formula is C7H7N3O2. The van der Waals surface area contributed by atoms with E-state index in [-0.39, 0.29) is 12.6 Å². The average Bonchev–Trinajstić information content (AvgIpc) is 2.49. The van der Waals surface area contributed by atoms with Gasteiger partial charge in [-0.1, -0.05) is 0 Å². The molecule has 0 bridgehead atoms. The van der Waals surface area contributed by atoms with Gasteiger partial charge in [0.25, 0.3) is 6.01 Å². The van der Waals surface area contributed by atoms with Crippen LogP contribution in [0.15, 0.2) is 18.5 Å². The zero-order valence-electron chi connectivity index (χ0n) is 6.18. The van der Waals surface area contributed by atoms with Crippen molar-refractivity contribution in [2.75, 3.05) is 0 Å². The number of hydrogen-bond donors (Lipinski definition) is 2. The van der Waals surface area contributed by atoms with E-state index in [1.54, 1.807) is 6.07 Å². The predicted octanol–water partition coefficient (Wildman–Crippen LogP) is -0.0728. The third-order valence-corrected chi connectivity index (χ3v) is 1.57. The number of nitrogens with zero attached hydrogens (tertiary/aromatic N) is 3. The molecule has 0 aliphatic rings. The topological polar surface area (TPSA) is 70.7 Å². The summed E-state index contributed by atoms with van der Waals surface area (Å²) in [5.74, 6) is 0. The monoisotopic (exact) mass is 165 g/mol. The molecule has 0 atom stereocenters. The Morgan fingerprint density at radius 1 is 1.50 bits per heavy atom. The minimum atomic E-state index is -0.138. The van der Waals surface area contributed by atoms with Gasteiger partial charge in [-0.05, 0) is 6.07 Å². The van der Waals surface area contributed by atoms with Gasteiger partial charge < -0.3 is 10.2 Å². The van der Waals surface area contributed by atoms with Crippen molar-refractivity contribution in [3.8, 4) is 6.01 Å². The summed E-state index contributed by atoms with van der Waals surface area (Å²) in [6.45, 7) is -0.138. The van der Waals surface area contributed by atoms with Gasteiger partial charge in [-0.25, -0.2) is 9.97 Å². The largest absolute Gasteiger partial charge is 0.480 e. The summed E-state index contributed by atoms with van der Waals surface area (Å²) in [6, 6.07) is 1.53. The predicted molar refractivity (Wildman–Crippen MR) is 40.6 cm³/mol. The normalized spacial score (nSPS) is 10.8. The molecule has 2 N–H and O–H groups in total. The number of aromatic nitrogens is 3. The quantitative estimate of drug-likeness (QED) is 0.620. The molecular weight excluding hydrogens is 158 g/mol. The summed E-state index contributed by atoms with van der Waals surface area (Å²) in [7, 11) is 0. The second-order valence-electron chi connectivity index (χ2n) is 2.36. The first-order valence-electron chi connectivity index (χ1n) is 3.44. The van der Waals surface area contributed by atoms with Crippen LogP contribution in [0.4, 0.5) is 0 Å². The molecule has 0 fully saturated rings. The Morgan fingerprint density at radius 2 is 2.33 bits per heavy atom. The van der Waals surface area contributed by atoms with E-state index in [0.29, 0.717) is 11.3 Å². The van der Waals surface area contributed by atoms with Crippen LogP contribution in [0.1, 0.15) is 5.69 Å². The SMILES string of the molecule is OCc1cn2c(O)nccc2n1. The van der Waals surface area contributed by atoms with Crippen LogP contribution in [-0.2, 0) is 6.61 Å². The van der Waals surface area contributed by atoms with Gasteiger partial charge in [0.2, 0.25) is 0 Å². The Hall–Kier alpha value is -1.62. The van der Waals surface area contributed by atoms with Crippen LogP contribution in [0.25, 0.3) is 5.65 Å². The van der Waals surface area contributed by atoms with Crippen LogP contribution >= 0.6 is 0 Å². The van der Waals surface area contributed by atoms with Gasteiger partial charge in [-0.2, -0.15) is 0 Å². The molecule has 0 unspecified atom stereocenters. The Morgan fingerprint density at radius 3 is 3.00 bits per heavy atom. The molecule has 2 heterocycles. The van der Waals surface area contributed by atoms with Crippen LogP contribution in [0.2, 0.25) is 0 Å². The maximum absolute atomic E-state index is 9.21. The lowest BCUT2D eigenvalue weighted by molar-refractivity contribution is 0.277. The fourth-order valence-corrected chi connectivity index (χ4v) is 1.03. The fourth-order valence-electron chi connectivity index (χ4n) is 1.03. The van der Waals surface area contributed by atoms with Crippen LogP contribution < -0.4 is 0 Å². The molecule has 0 saturated carbocycles. The fraction of sp³-hybridized carbons (Fsp3) is 0.143. The number of aromatic hydroxyl groups is 1. The molecule has 5 heteroatoms. The number of hydrogen-bond acceptors (Lipinski definition) is 4. The highest BCUT2D eigenvalue weighted by molar-refractivity contribution is 5.40. The summed E-state index contributed by atoms with van der Waals surface area (Å²) >= 11 is 0. The van der Waals surface area contributed by atoms with E-state index in [1.807, 2.05) is 0 Å². The van der Waals surface area contributed by atoms with E-state index in [4.69, 9.17) is 5.11 Å². The van der Waals surface area contributed by atoms with E-state index in [2.05, 4.69) is 9.97 Å². The Bertz CT molecular complexity index is 410. The molecule has 0 aliphatic heterocycles. The lowest BCUT2D eigenvalue weighted by atomic mass is 10.5. The minimum absolute atomic E-state index is 0.125. The highest BCUT2D eigenvalue weighted by Gasteiger charge is 2.02. The summed E-state index contributed by atoms with van der Waals surface area (Å²) in [4.78, 5) is 7.66. The minimum Gasteiger partial charge on any atom is -0.480 e. The van der Waals surface area contributed by atoms with Crippen molar-refractivity contribution >= 4 is 5.65 Å². The van der Waals surface area contributed by atoms with Gasteiger partial charge in [0.05, 0.1) is 12.3 Å². The van der Waals surface area contributed by atoms with E-state index in [1.165, 1.54) is 16.8 Å². The molecule has 0 amide bonds. The van der Waals surface area contributed by atoms with Crippen molar-refractivity contribution in [3.05, 3.63) is 24.2 Å². The molecule has 5 nitrogen and oxygen atoms in total. The van der Waals surface area contributed by atoms with Gasteiger partial charge in [0.15, 0.2) is 0 Å². The van der Waals surface area contributed by atoms with Gasteiger partial charge in [-0.15, -0.1) is 0 Å². The Labute approximate surface area is 67.9 Å². The van der Waals surface area contributed by atoms with E-state index >= 15 is 0 Å². The molecule has 2 aromatic rings. The van der Waals surface area contributed by atoms with Gasteiger partial charge in [-0.3, -0.25) is 4.40 Å². The van der Waals surface area contributed by atoms with Crippen molar-refractivity contribution in [2.24, 2.45) is 0 Å². The van der Waals surface area contributed by atoms with Crippen LogP contribution in [0.3, 0.4) is 0 Å². The highest BCUT2D eigenvalue weighted by Crippen LogP contribution is 2.10. The summed E-state index contributed by atoms with van der Waals surface area (Å²) in [5.41, 5.74) is 1.09. The molecule has 0 aromatic carbocycles.